The van der Waals surface area contributed by atoms with Crippen molar-refractivity contribution in [3.8, 4) is 5.75 Å². The third-order valence-electron chi connectivity index (χ3n) is 3.51. The number of aromatic nitrogens is 1. The highest BCUT2D eigenvalue weighted by Crippen LogP contribution is 2.22. The van der Waals surface area contributed by atoms with Gasteiger partial charge in [-0.15, -0.1) is 0 Å². The van der Waals surface area contributed by atoms with Crippen molar-refractivity contribution in [3.63, 3.8) is 0 Å². The molecular formula is C16H21N3O. The number of nitrogens with two attached hydrogens (primary N) is 1. The molecule has 0 fully saturated rings. The van der Waals surface area contributed by atoms with Gasteiger partial charge in [0.25, 0.3) is 0 Å². The summed E-state index contributed by atoms with van der Waals surface area (Å²) in [6.07, 6.45) is 4.57. The Bertz CT molecular complexity index is 530. The van der Waals surface area contributed by atoms with E-state index in [0.29, 0.717) is 6.54 Å². The molecule has 0 aliphatic rings. The Morgan fingerprint density at radius 1 is 1.25 bits per heavy atom. The van der Waals surface area contributed by atoms with Crippen molar-refractivity contribution in [2.75, 3.05) is 20.1 Å². The summed E-state index contributed by atoms with van der Waals surface area (Å²) in [6.45, 7) is 1.43. The molecule has 0 bridgehead atoms. The molecule has 20 heavy (non-hydrogen) atoms. The fourth-order valence-electron chi connectivity index (χ4n) is 2.31. The first-order valence-corrected chi connectivity index (χ1v) is 6.79. The zero-order chi connectivity index (χ0) is 14.4. The number of likely N-dealkylation sites (N-methyl/N-ethyl adjacent to an activating group) is 1. The van der Waals surface area contributed by atoms with Crippen molar-refractivity contribution >= 4 is 0 Å². The second-order valence-corrected chi connectivity index (χ2v) is 4.93. The van der Waals surface area contributed by atoms with Gasteiger partial charge in [-0.1, -0.05) is 12.1 Å². The number of pyridine rings is 1. The van der Waals surface area contributed by atoms with E-state index in [0.717, 1.165) is 18.5 Å². The largest absolute Gasteiger partial charge is 0.508 e. The van der Waals surface area contributed by atoms with E-state index >= 15 is 0 Å². The van der Waals surface area contributed by atoms with Crippen LogP contribution in [0.3, 0.4) is 0 Å². The van der Waals surface area contributed by atoms with Crippen LogP contribution in [0.1, 0.15) is 17.2 Å². The van der Waals surface area contributed by atoms with Crippen LogP contribution in [-0.4, -0.2) is 35.1 Å². The fourth-order valence-corrected chi connectivity index (χ4v) is 2.31. The van der Waals surface area contributed by atoms with Gasteiger partial charge in [0, 0.05) is 31.5 Å². The van der Waals surface area contributed by atoms with E-state index in [2.05, 4.69) is 16.9 Å². The van der Waals surface area contributed by atoms with Gasteiger partial charge in [-0.05, 0) is 48.9 Å². The molecule has 0 saturated carbocycles. The van der Waals surface area contributed by atoms with Crippen LogP contribution < -0.4 is 5.73 Å². The molecule has 1 aromatic carbocycles. The van der Waals surface area contributed by atoms with Gasteiger partial charge < -0.3 is 10.8 Å². The molecule has 0 aliphatic carbocycles. The van der Waals surface area contributed by atoms with Crippen molar-refractivity contribution in [1.82, 2.24) is 9.88 Å². The van der Waals surface area contributed by atoms with Crippen LogP contribution in [0.4, 0.5) is 0 Å². The predicted molar refractivity (Wildman–Crippen MR) is 80.5 cm³/mol. The standard InChI is InChI=1S/C16H21N3O/c1-19(10-7-13-5-8-18-9-6-13)16(12-17)14-3-2-4-15(20)11-14/h2-6,8-9,11,16,20H,7,10,12,17H2,1H3. The quantitative estimate of drug-likeness (QED) is 0.843. The van der Waals surface area contributed by atoms with Crippen molar-refractivity contribution in [3.05, 3.63) is 59.9 Å². The van der Waals surface area contributed by atoms with Gasteiger partial charge in [0.15, 0.2) is 0 Å². The Morgan fingerprint density at radius 3 is 2.65 bits per heavy atom. The Hall–Kier alpha value is -1.91. The van der Waals surface area contributed by atoms with Gasteiger partial charge in [0.05, 0.1) is 0 Å². The topological polar surface area (TPSA) is 62.4 Å². The number of hydrogen-bond donors (Lipinski definition) is 2. The van der Waals surface area contributed by atoms with Crippen molar-refractivity contribution < 1.29 is 5.11 Å². The summed E-state index contributed by atoms with van der Waals surface area (Å²) in [7, 11) is 2.06. The molecule has 0 saturated heterocycles. The molecule has 4 nitrogen and oxygen atoms in total. The van der Waals surface area contributed by atoms with Crippen LogP contribution in [0, 0.1) is 0 Å². The van der Waals surface area contributed by atoms with E-state index in [-0.39, 0.29) is 11.8 Å². The molecule has 1 heterocycles. The molecule has 1 aromatic heterocycles. The Labute approximate surface area is 119 Å². The van der Waals surface area contributed by atoms with E-state index in [1.54, 1.807) is 12.1 Å². The summed E-state index contributed by atoms with van der Waals surface area (Å²) in [5.41, 5.74) is 8.20. The van der Waals surface area contributed by atoms with Crippen molar-refractivity contribution in [2.24, 2.45) is 5.73 Å². The lowest BCUT2D eigenvalue weighted by atomic mass is 10.0. The highest BCUT2D eigenvalue weighted by Gasteiger charge is 2.15. The van der Waals surface area contributed by atoms with Crippen LogP contribution >= 0.6 is 0 Å². The molecule has 0 aliphatic heterocycles. The predicted octanol–water partition coefficient (Wildman–Crippen LogP) is 1.96. The first-order valence-electron chi connectivity index (χ1n) is 6.79. The van der Waals surface area contributed by atoms with Crippen LogP contribution in [0.25, 0.3) is 0 Å². The second kappa shape index (κ2) is 7.03. The fraction of sp³-hybridized carbons (Fsp3) is 0.312. The maximum Gasteiger partial charge on any atom is 0.115 e. The number of rotatable bonds is 6. The molecule has 1 unspecified atom stereocenters. The lowest BCUT2D eigenvalue weighted by molar-refractivity contribution is 0.253. The smallest absolute Gasteiger partial charge is 0.115 e. The lowest BCUT2D eigenvalue weighted by Gasteiger charge is -2.27. The summed E-state index contributed by atoms with van der Waals surface area (Å²) >= 11 is 0. The van der Waals surface area contributed by atoms with Gasteiger partial charge >= 0.3 is 0 Å². The van der Waals surface area contributed by atoms with E-state index in [4.69, 9.17) is 5.73 Å². The molecule has 106 valence electrons. The van der Waals surface area contributed by atoms with Crippen LogP contribution in [0.5, 0.6) is 5.75 Å². The summed E-state index contributed by atoms with van der Waals surface area (Å²) in [4.78, 5) is 6.24. The first kappa shape index (κ1) is 14.5. The molecule has 2 rings (SSSR count). The Kier molecular flexibility index (Phi) is 5.09. The van der Waals surface area contributed by atoms with Gasteiger partial charge in [-0.3, -0.25) is 9.88 Å². The highest BCUT2D eigenvalue weighted by atomic mass is 16.3. The minimum absolute atomic E-state index is 0.115. The average molecular weight is 271 g/mol. The monoisotopic (exact) mass is 271 g/mol. The van der Waals surface area contributed by atoms with Crippen LogP contribution in [0.15, 0.2) is 48.8 Å². The Morgan fingerprint density at radius 2 is 2.00 bits per heavy atom. The summed E-state index contributed by atoms with van der Waals surface area (Å²) in [6, 6.07) is 11.5. The van der Waals surface area contributed by atoms with Crippen LogP contribution in [0.2, 0.25) is 0 Å². The van der Waals surface area contributed by atoms with Gasteiger partial charge in [-0.2, -0.15) is 0 Å². The average Bonchev–Trinajstić information content (AvgIpc) is 2.47. The first-order chi connectivity index (χ1) is 9.70. The van der Waals surface area contributed by atoms with E-state index in [9.17, 15) is 5.11 Å². The van der Waals surface area contributed by atoms with Gasteiger partial charge in [-0.25, -0.2) is 0 Å². The zero-order valence-corrected chi connectivity index (χ0v) is 11.7. The molecule has 1 atom stereocenters. The van der Waals surface area contributed by atoms with E-state index in [1.165, 1.54) is 5.56 Å². The summed E-state index contributed by atoms with van der Waals surface area (Å²) < 4.78 is 0. The lowest BCUT2D eigenvalue weighted by Crippen LogP contribution is -2.32. The number of phenols is 1. The maximum absolute atomic E-state index is 9.58. The number of benzene rings is 1. The minimum atomic E-state index is 0.115. The molecule has 4 heteroatoms. The van der Waals surface area contributed by atoms with E-state index in [1.807, 2.05) is 36.7 Å². The Balaban J connectivity index is 2.00. The maximum atomic E-state index is 9.58. The minimum Gasteiger partial charge on any atom is -0.508 e. The molecule has 2 aromatic rings. The molecule has 0 spiro atoms. The molecule has 3 N–H and O–H groups in total. The molecule has 0 radical (unpaired) electrons. The number of nitrogens with zero attached hydrogens (tertiary/aromatic N) is 2. The van der Waals surface area contributed by atoms with Gasteiger partial charge in [0.1, 0.15) is 5.75 Å². The normalized spacial score (nSPS) is 12.6. The number of aromatic hydroxyl groups is 1. The van der Waals surface area contributed by atoms with Crippen LogP contribution in [-0.2, 0) is 6.42 Å². The second-order valence-electron chi connectivity index (χ2n) is 4.93. The zero-order valence-electron chi connectivity index (χ0n) is 11.7. The van der Waals surface area contributed by atoms with Crippen molar-refractivity contribution in [1.29, 1.82) is 0 Å². The van der Waals surface area contributed by atoms with E-state index < -0.39 is 0 Å². The number of phenolic OH excluding ortho intramolecular Hbond substituents is 1. The SMILES string of the molecule is CN(CCc1ccncc1)C(CN)c1cccc(O)c1. The summed E-state index contributed by atoms with van der Waals surface area (Å²) in [5, 5.41) is 9.58. The van der Waals surface area contributed by atoms with Gasteiger partial charge in [0.2, 0.25) is 0 Å². The summed E-state index contributed by atoms with van der Waals surface area (Å²) in [5.74, 6) is 0.281. The number of hydrogen-bond acceptors (Lipinski definition) is 4. The van der Waals surface area contributed by atoms with Crippen molar-refractivity contribution in [2.45, 2.75) is 12.5 Å². The highest BCUT2D eigenvalue weighted by molar-refractivity contribution is 5.29. The molecular weight excluding hydrogens is 250 g/mol. The third-order valence-corrected chi connectivity index (χ3v) is 3.51. The molecule has 0 amide bonds. The third kappa shape index (κ3) is 3.79.